The molecule has 104 valence electrons. The quantitative estimate of drug-likeness (QED) is 0.904. The van der Waals surface area contributed by atoms with E-state index >= 15 is 0 Å². The number of rotatable bonds is 3. The van der Waals surface area contributed by atoms with Crippen LogP contribution in [0.2, 0.25) is 0 Å². The lowest BCUT2D eigenvalue weighted by atomic mass is 10.0. The van der Waals surface area contributed by atoms with Gasteiger partial charge >= 0.3 is 0 Å². The molecule has 2 aliphatic rings. The highest BCUT2D eigenvalue weighted by molar-refractivity contribution is 5.48. The Labute approximate surface area is 116 Å². The lowest BCUT2D eigenvalue weighted by molar-refractivity contribution is 0.231. The van der Waals surface area contributed by atoms with Gasteiger partial charge in [0.15, 0.2) is 0 Å². The highest BCUT2D eigenvalue weighted by Crippen LogP contribution is 2.26. The number of hydrogen-bond acceptors (Lipinski definition) is 3. The smallest absolute Gasteiger partial charge is 0.0367 e. The van der Waals surface area contributed by atoms with Crippen LogP contribution in [0.4, 0.5) is 5.69 Å². The molecule has 2 atom stereocenters. The Morgan fingerprint density at radius 1 is 1.21 bits per heavy atom. The number of hydrogen-bond donors (Lipinski definition) is 1. The van der Waals surface area contributed by atoms with E-state index in [1.807, 2.05) is 0 Å². The average molecular weight is 259 g/mol. The molecular formula is C16H25N3. The van der Waals surface area contributed by atoms with E-state index < -0.39 is 0 Å². The van der Waals surface area contributed by atoms with Crippen LogP contribution >= 0.6 is 0 Å². The first kappa shape index (κ1) is 12.9. The average Bonchev–Trinajstić information content (AvgIpc) is 2.94. The van der Waals surface area contributed by atoms with Crippen molar-refractivity contribution in [3.05, 3.63) is 29.8 Å². The number of benzene rings is 1. The van der Waals surface area contributed by atoms with Crippen molar-refractivity contribution in [2.45, 2.75) is 38.3 Å². The van der Waals surface area contributed by atoms with Crippen LogP contribution < -0.4 is 10.6 Å². The van der Waals surface area contributed by atoms with Crippen molar-refractivity contribution < 1.29 is 0 Å². The van der Waals surface area contributed by atoms with Crippen molar-refractivity contribution in [3.8, 4) is 0 Å². The Hall–Kier alpha value is -1.06. The number of nitrogens with two attached hydrogens (primary N) is 1. The lowest BCUT2D eigenvalue weighted by Crippen LogP contribution is -2.50. The van der Waals surface area contributed by atoms with Gasteiger partial charge in [-0.1, -0.05) is 19.1 Å². The predicted octanol–water partition coefficient (Wildman–Crippen LogP) is 2.38. The third-order valence-electron chi connectivity index (χ3n) is 4.71. The second kappa shape index (κ2) is 5.51. The van der Waals surface area contributed by atoms with Crippen LogP contribution in [0.5, 0.6) is 0 Å². The summed E-state index contributed by atoms with van der Waals surface area (Å²) in [6.07, 6.45) is 3.75. The summed E-state index contributed by atoms with van der Waals surface area (Å²) in [4.78, 5) is 5.19. The number of anilines is 1. The van der Waals surface area contributed by atoms with Crippen molar-refractivity contribution in [1.29, 1.82) is 0 Å². The minimum absolute atomic E-state index is 0.181. The van der Waals surface area contributed by atoms with E-state index in [-0.39, 0.29) is 6.04 Å². The summed E-state index contributed by atoms with van der Waals surface area (Å²) in [5, 5.41) is 0. The zero-order valence-electron chi connectivity index (χ0n) is 11.9. The molecule has 0 radical (unpaired) electrons. The monoisotopic (exact) mass is 259 g/mol. The van der Waals surface area contributed by atoms with Gasteiger partial charge in [-0.05, 0) is 43.5 Å². The summed E-state index contributed by atoms with van der Waals surface area (Å²) in [5.41, 5.74) is 8.69. The van der Waals surface area contributed by atoms with Gasteiger partial charge in [0.1, 0.15) is 0 Å². The maximum Gasteiger partial charge on any atom is 0.0367 e. The number of piperazine rings is 1. The van der Waals surface area contributed by atoms with E-state index in [0.29, 0.717) is 0 Å². The van der Waals surface area contributed by atoms with Crippen LogP contribution in [0.1, 0.15) is 37.8 Å². The Morgan fingerprint density at radius 2 is 2.00 bits per heavy atom. The molecule has 3 nitrogen and oxygen atoms in total. The fraction of sp³-hybridized carbons (Fsp3) is 0.625. The topological polar surface area (TPSA) is 32.5 Å². The first-order valence-corrected chi connectivity index (χ1v) is 7.62. The van der Waals surface area contributed by atoms with Crippen LogP contribution in [0.3, 0.4) is 0 Å². The van der Waals surface area contributed by atoms with Crippen LogP contribution in [-0.4, -0.2) is 37.1 Å². The van der Waals surface area contributed by atoms with E-state index in [0.717, 1.165) is 19.0 Å². The van der Waals surface area contributed by atoms with Gasteiger partial charge in [-0.3, -0.25) is 4.90 Å². The molecule has 0 amide bonds. The first-order valence-electron chi connectivity index (χ1n) is 7.62. The van der Waals surface area contributed by atoms with Crippen LogP contribution in [-0.2, 0) is 0 Å². The van der Waals surface area contributed by atoms with Crippen molar-refractivity contribution in [1.82, 2.24) is 4.90 Å². The summed E-state index contributed by atoms with van der Waals surface area (Å²) < 4.78 is 0. The SMILES string of the molecule is CC[C@H](N)c1ccc(N2CCN3CCCC3C2)cc1. The van der Waals surface area contributed by atoms with E-state index in [9.17, 15) is 0 Å². The zero-order chi connectivity index (χ0) is 13.2. The molecule has 19 heavy (non-hydrogen) atoms. The molecule has 3 rings (SSSR count). The van der Waals surface area contributed by atoms with Gasteiger partial charge in [0.25, 0.3) is 0 Å². The fourth-order valence-corrected chi connectivity index (χ4v) is 3.39. The van der Waals surface area contributed by atoms with Gasteiger partial charge in [0, 0.05) is 37.4 Å². The van der Waals surface area contributed by atoms with Gasteiger partial charge in [0.05, 0.1) is 0 Å². The normalized spacial score (nSPS) is 25.4. The maximum absolute atomic E-state index is 6.07. The largest absolute Gasteiger partial charge is 0.369 e. The van der Waals surface area contributed by atoms with Gasteiger partial charge in [-0.2, -0.15) is 0 Å². The van der Waals surface area contributed by atoms with Gasteiger partial charge < -0.3 is 10.6 Å². The Balaban J connectivity index is 1.69. The van der Waals surface area contributed by atoms with Crippen molar-refractivity contribution in [3.63, 3.8) is 0 Å². The second-order valence-corrected chi connectivity index (χ2v) is 5.88. The molecule has 2 saturated heterocycles. The molecule has 2 aliphatic heterocycles. The van der Waals surface area contributed by atoms with Gasteiger partial charge in [0.2, 0.25) is 0 Å². The van der Waals surface area contributed by atoms with Crippen molar-refractivity contribution in [2.24, 2.45) is 5.73 Å². The van der Waals surface area contributed by atoms with Gasteiger partial charge in [-0.15, -0.1) is 0 Å². The first-order chi connectivity index (χ1) is 9.28. The minimum Gasteiger partial charge on any atom is -0.369 e. The second-order valence-electron chi connectivity index (χ2n) is 5.88. The summed E-state index contributed by atoms with van der Waals surface area (Å²) in [7, 11) is 0. The van der Waals surface area contributed by atoms with Crippen LogP contribution in [0.15, 0.2) is 24.3 Å². The summed E-state index contributed by atoms with van der Waals surface area (Å²) >= 11 is 0. The summed E-state index contributed by atoms with van der Waals surface area (Å²) in [5.74, 6) is 0. The molecule has 2 fully saturated rings. The number of fused-ring (bicyclic) bond motifs is 1. The molecule has 2 N–H and O–H groups in total. The Bertz CT molecular complexity index is 415. The minimum atomic E-state index is 0.181. The molecule has 1 aromatic rings. The molecule has 0 saturated carbocycles. The fourth-order valence-electron chi connectivity index (χ4n) is 3.39. The van der Waals surface area contributed by atoms with Crippen LogP contribution in [0.25, 0.3) is 0 Å². The van der Waals surface area contributed by atoms with E-state index in [4.69, 9.17) is 5.73 Å². The van der Waals surface area contributed by atoms with E-state index in [1.54, 1.807) is 0 Å². The standard InChI is InChI=1S/C16H25N3/c1-2-16(17)13-5-7-14(8-6-13)19-11-10-18-9-3-4-15(18)12-19/h5-8,15-16H,2-4,9-12,17H2,1H3/t15?,16-/m0/s1. The van der Waals surface area contributed by atoms with Crippen LogP contribution in [0, 0.1) is 0 Å². The van der Waals surface area contributed by atoms with Gasteiger partial charge in [-0.25, -0.2) is 0 Å². The molecule has 2 heterocycles. The molecule has 3 heteroatoms. The molecule has 0 bridgehead atoms. The van der Waals surface area contributed by atoms with Crippen molar-refractivity contribution in [2.75, 3.05) is 31.1 Å². The Kier molecular flexibility index (Phi) is 3.76. The predicted molar refractivity (Wildman–Crippen MR) is 80.5 cm³/mol. The zero-order valence-corrected chi connectivity index (χ0v) is 11.9. The Morgan fingerprint density at radius 3 is 2.74 bits per heavy atom. The molecular weight excluding hydrogens is 234 g/mol. The molecule has 0 spiro atoms. The molecule has 1 aromatic carbocycles. The lowest BCUT2D eigenvalue weighted by Gasteiger charge is -2.38. The molecule has 0 aromatic heterocycles. The summed E-state index contributed by atoms with van der Waals surface area (Å²) in [6, 6.07) is 9.85. The van der Waals surface area contributed by atoms with E-state index in [1.165, 1.54) is 43.7 Å². The molecule has 1 unspecified atom stereocenters. The molecule has 0 aliphatic carbocycles. The highest BCUT2D eigenvalue weighted by Gasteiger charge is 2.30. The van der Waals surface area contributed by atoms with Crippen molar-refractivity contribution >= 4 is 5.69 Å². The summed E-state index contributed by atoms with van der Waals surface area (Å²) in [6.45, 7) is 7.02. The number of nitrogens with zero attached hydrogens (tertiary/aromatic N) is 2. The third kappa shape index (κ3) is 2.63. The highest BCUT2D eigenvalue weighted by atomic mass is 15.3. The third-order valence-corrected chi connectivity index (χ3v) is 4.71. The van der Waals surface area contributed by atoms with E-state index in [2.05, 4.69) is 41.0 Å². The maximum atomic E-state index is 6.07.